The normalized spacial score (nSPS) is 12.9. The summed E-state index contributed by atoms with van der Waals surface area (Å²) < 4.78 is 0. The van der Waals surface area contributed by atoms with Crippen molar-refractivity contribution in [3.8, 4) is 0 Å². The lowest BCUT2D eigenvalue weighted by molar-refractivity contribution is -0.122. The predicted molar refractivity (Wildman–Crippen MR) is 120 cm³/mol. The number of hydrogen-bond donors (Lipinski definition) is 2. The molecule has 3 aromatic rings. The van der Waals surface area contributed by atoms with E-state index < -0.39 is 0 Å². The van der Waals surface area contributed by atoms with E-state index in [4.69, 9.17) is 14.9 Å². The molecule has 148 valence electrons. The number of carbonyl (C=O) groups is 1. The van der Waals surface area contributed by atoms with Crippen LogP contribution in [0.25, 0.3) is 0 Å². The van der Waals surface area contributed by atoms with Gasteiger partial charge in [-0.3, -0.25) is 9.79 Å². The van der Waals surface area contributed by atoms with Gasteiger partial charge in [0.2, 0.25) is 0 Å². The fourth-order valence-electron chi connectivity index (χ4n) is 3.19. The zero-order valence-electron chi connectivity index (χ0n) is 16.1. The standard InChI is InChI=1S/C23H22N2S.CH2O2/c1-3-10-18(11-4-1)22(19-12-5-2-6-13-19)26-21-15-8-7-14-20(21)23-24-16-9-17-25-23;2-1-3/h1-8,10-15,22H,9,16-17H2,(H,24,25);1H,(H,2,3). The van der Waals surface area contributed by atoms with Gasteiger partial charge in [-0.2, -0.15) is 0 Å². The third-order valence-electron chi connectivity index (χ3n) is 4.49. The van der Waals surface area contributed by atoms with E-state index in [1.165, 1.54) is 21.6 Å². The summed E-state index contributed by atoms with van der Waals surface area (Å²) >= 11 is 1.89. The van der Waals surface area contributed by atoms with E-state index in [0.29, 0.717) is 0 Å². The van der Waals surface area contributed by atoms with Crippen molar-refractivity contribution in [3.63, 3.8) is 0 Å². The molecule has 5 heteroatoms. The third-order valence-corrected chi connectivity index (χ3v) is 5.88. The fourth-order valence-corrected chi connectivity index (χ4v) is 4.48. The molecule has 0 radical (unpaired) electrons. The Hall–Kier alpha value is -3.05. The van der Waals surface area contributed by atoms with E-state index >= 15 is 0 Å². The van der Waals surface area contributed by atoms with Gasteiger partial charge in [0, 0.05) is 23.5 Å². The van der Waals surface area contributed by atoms with Crippen molar-refractivity contribution in [2.75, 3.05) is 13.1 Å². The number of nitrogens with one attached hydrogen (secondary N) is 1. The number of hydrogen-bond acceptors (Lipinski definition) is 4. The topological polar surface area (TPSA) is 61.7 Å². The molecule has 4 nitrogen and oxygen atoms in total. The van der Waals surface area contributed by atoms with E-state index in [2.05, 4.69) is 90.2 Å². The molecule has 0 spiro atoms. The molecule has 0 saturated heterocycles. The summed E-state index contributed by atoms with van der Waals surface area (Å²) in [5.74, 6) is 1.03. The highest BCUT2D eigenvalue weighted by Crippen LogP contribution is 2.41. The van der Waals surface area contributed by atoms with Crippen molar-refractivity contribution >= 4 is 24.1 Å². The van der Waals surface area contributed by atoms with Crippen LogP contribution in [-0.4, -0.2) is 30.5 Å². The molecule has 0 amide bonds. The quantitative estimate of drug-likeness (QED) is 0.464. The number of nitrogens with zero attached hydrogens (tertiary/aromatic N) is 1. The van der Waals surface area contributed by atoms with Crippen molar-refractivity contribution in [3.05, 3.63) is 102 Å². The Morgan fingerprint density at radius 3 is 2.00 bits per heavy atom. The smallest absolute Gasteiger partial charge is 0.290 e. The largest absolute Gasteiger partial charge is 0.483 e. The molecule has 3 aromatic carbocycles. The van der Waals surface area contributed by atoms with Gasteiger partial charge in [0.1, 0.15) is 5.84 Å². The Morgan fingerprint density at radius 1 is 0.897 bits per heavy atom. The first-order valence-electron chi connectivity index (χ1n) is 9.55. The van der Waals surface area contributed by atoms with Crippen LogP contribution >= 0.6 is 11.8 Å². The van der Waals surface area contributed by atoms with Gasteiger partial charge >= 0.3 is 0 Å². The highest BCUT2D eigenvalue weighted by Gasteiger charge is 2.19. The number of thioether (sulfide) groups is 1. The molecule has 0 fully saturated rings. The highest BCUT2D eigenvalue weighted by atomic mass is 32.2. The van der Waals surface area contributed by atoms with E-state index in [1.54, 1.807) is 0 Å². The molecule has 0 aliphatic carbocycles. The molecular formula is C24H24N2O2S. The van der Waals surface area contributed by atoms with Gasteiger partial charge < -0.3 is 10.4 Å². The van der Waals surface area contributed by atoms with Crippen molar-refractivity contribution in [2.45, 2.75) is 16.6 Å². The minimum Gasteiger partial charge on any atom is -0.483 e. The zero-order chi connectivity index (χ0) is 20.3. The van der Waals surface area contributed by atoms with Crippen LogP contribution < -0.4 is 5.32 Å². The van der Waals surface area contributed by atoms with Gasteiger partial charge in [-0.1, -0.05) is 78.9 Å². The van der Waals surface area contributed by atoms with E-state index in [-0.39, 0.29) is 11.7 Å². The van der Waals surface area contributed by atoms with Crippen LogP contribution in [0.1, 0.15) is 28.4 Å². The maximum absolute atomic E-state index is 8.36. The van der Waals surface area contributed by atoms with E-state index in [9.17, 15) is 0 Å². The summed E-state index contributed by atoms with van der Waals surface area (Å²) in [5, 5.41) is 10.6. The summed E-state index contributed by atoms with van der Waals surface area (Å²) in [5.41, 5.74) is 3.84. The Kier molecular flexibility index (Phi) is 7.90. The second-order valence-corrected chi connectivity index (χ2v) is 7.58. The van der Waals surface area contributed by atoms with E-state index in [0.717, 1.165) is 25.3 Å². The summed E-state index contributed by atoms with van der Waals surface area (Å²) in [6.07, 6.45) is 1.11. The molecule has 2 N–H and O–H groups in total. The minimum atomic E-state index is -0.250. The van der Waals surface area contributed by atoms with Crippen molar-refractivity contribution in [1.82, 2.24) is 5.32 Å². The van der Waals surface area contributed by atoms with Crippen LogP contribution in [0.4, 0.5) is 0 Å². The molecular weight excluding hydrogens is 380 g/mol. The maximum atomic E-state index is 8.36. The van der Waals surface area contributed by atoms with Gasteiger partial charge in [-0.05, 0) is 23.6 Å². The van der Waals surface area contributed by atoms with Crippen LogP contribution in [0.3, 0.4) is 0 Å². The van der Waals surface area contributed by atoms with Crippen LogP contribution in [0.2, 0.25) is 0 Å². The predicted octanol–water partition coefficient (Wildman–Crippen LogP) is 5.01. The fraction of sp³-hybridized carbons (Fsp3) is 0.167. The first kappa shape index (κ1) is 20.7. The maximum Gasteiger partial charge on any atom is 0.290 e. The average Bonchev–Trinajstić information content (AvgIpc) is 2.80. The number of benzene rings is 3. The van der Waals surface area contributed by atoms with Gasteiger partial charge in [-0.15, -0.1) is 11.8 Å². The molecule has 29 heavy (non-hydrogen) atoms. The monoisotopic (exact) mass is 404 g/mol. The molecule has 1 aliphatic heterocycles. The Labute approximate surface area is 175 Å². The van der Waals surface area contributed by atoms with Crippen LogP contribution in [0, 0.1) is 0 Å². The van der Waals surface area contributed by atoms with Crippen molar-refractivity contribution < 1.29 is 9.90 Å². The molecule has 4 rings (SSSR count). The molecule has 1 heterocycles. The van der Waals surface area contributed by atoms with Crippen LogP contribution in [0.15, 0.2) is 94.8 Å². The van der Waals surface area contributed by atoms with Gasteiger partial charge in [-0.25, -0.2) is 0 Å². The van der Waals surface area contributed by atoms with Gasteiger partial charge in [0.25, 0.3) is 6.47 Å². The molecule has 1 aliphatic rings. The molecule has 0 unspecified atom stereocenters. The Morgan fingerprint density at radius 2 is 1.45 bits per heavy atom. The highest BCUT2D eigenvalue weighted by molar-refractivity contribution is 7.99. The third kappa shape index (κ3) is 5.72. The van der Waals surface area contributed by atoms with E-state index in [1.807, 2.05) is 11.8 Å². The summed E-state index contributed by atoms with van der Waals surface area (Å²) in [6, 6.07) is 30.0. The molecule has 0 bridgehead atoms. The summed E-state index contributed by atoms with van der Waals surface area (Å²) in [6.45, 7) is 1.65. The Balaban J connectivity index is 0.000000755. The first-order valence-corrected chi connectivity index (χ1v) is 10.4. The lowest BCUT2D eigenvalue weighted by Gasteiger charge is -2.21. The molecule has 0 saturated carbocycles. The van der Waals surface area contributed by atoms with Gasteiger partial charge in [0.05, 0.1) is 5.25 Å². The molecule has 0 aromatic heterocycles. The minimum absolute atomic E-state index is 0.250. The lowest BCUT2D eigenvalue weighted by atomic mass is 10.0. The number of rotatable bonds is 5. The molecule has 0 atom stereocenters. The second kappa shape index (κ2) is 11.1. The van der Waals surface area contributed by atoms with Crippen LogP contribution in [0.5, 0.6) is 0 Å². The summed E-state index contributed by atoms with van der Waals surface area (Å²) in [4.78, 5) is 14.3. The van der Waals surface area contributed by atoms with Crippen molar-refractivity contribution in [2.24, 2.45) is 4.99 Å². The zero-order valence-corrected chi connectivity index (χ0v) is 16.9. The summed E-state index contributed by atoms with van der Waals surface area (Å²) in [7, 11) is 0. The first-order chi connectivity index (χ1) is 14.3. The SMILES string of the molecule is O=CO.c1ccc(C(Sc2ccccc2C2=NCCCN2)c2ccccc2)cc1. The average molecular weight is 405 g/mol. The van der Waals surface area contributed by atoms with Crippen molar-refractivity contribution in [1.29, 1.82) is 0 Å². The number of carboxylic acid groups (broad SMARTS) is 1. The second-order valence-electron chi connectivity index (χ2n) is 6.43. The van der Waals surface area contributed by atoms with Crippen LogP contribution in [-0.2, 0) is 4.79 Å². The Bertz CT molecular complexity index is 890. The number of aliphatic imine (C=N–C) groups is 1. The lowest BCUT2D eigenvalue weighted by Crippen LogP contribution is -2.30. The van der Waals surface area contributed by atoms with Gasteiger partial charge in [0.15, 0.2) is 0 Å². The number of amidine groups is 1.